The van der Waals surface area contributed by atoms with Gasteiger partial charge in [-0.3, -0.25) is 19.2 Å². The maximum absolute atomic E-state index is 13.0. The second kappa shape index (κ2) is 14.1. The van der Waals surface area contributed by atoms with E-state index in [1.54, 1.807) is 27.7 Å². The number of nitrogens with two attached hydrogens (primary N) is 1. The maximum atomic E-state index is 13.0. The number of carboxylic acid groups (broad SMARTS) is 2. The Kier molecular flexibility index (Phi) is 11.9. The van der Waals surface area contributed by atoms with E-state index in [0.29, 0.717) is 0 Å². The largest absolute Gasteiger partial charge is 0.481 e. The van der Waals surface area contributed by atoms with E-state index < -0.39 is 66.2 Å². The van der Waals surface area contributed by atoms with E-state index in [9.17, 15) is 29.1 Å². The van der Waals surface area contributed by atoms with E-state index in [4.69, 9.17) is 10.8 Å². The van der Waals surface area contributed by atoms with Crippen LogP contribution in [0.1, 0.15) is 46.1 Å². The molecule has 0 aliphatic rings. The molecule has 0 radical (unpaired) electrons. The molecule has 0 heterocycles. The summed E-state index contributed by atoms with van der Waals surface area (Å²) in [4.78, 5) is 60.6. The molecule has 1 aromatic carbocycles. The van der Waals surface area contributed by atoms with Crippen LogP contribution in [0.2, 0.25) is 0 Å². The molecule has 3 amide bonds. The first-order valence-electron chi connectivity index (χ1n) is 11.5. The highest BCUT2D eigenvalue weighted by molar-refractivity contribution is 5.94. The van der Waals surface area contributed by atoms with Gasteiger partial charge in [-0.1, -0.05) is 58.0 Å². The molecule has 0 saturated heterocycles. The van der Waals surface area contributed by atoms with Crippen LogP contribution in [0.25, 0.3) is 0 Å². The van der Waals surface area contributed by atoms with Crippen molar-refractivity contribution in [1.29, 1.82) is 0 Å². The Morgan fingerprint density at radius 3 is 1.74 bits per heavy atom. The number of hydrogen-bond acceptors (Lipinski definition) is 6. The van der Waals surface area contributed by atoms with Crippen molar-refractivity contribution >= 4 is 29.7 Å². The van der Waals surface area contributed by atoms with Gasteiger partial charge in [-0.15, -0.1) is 0 Å². The van der Waals surface area contributed by atoms with Crippen LogP contribution in [0.3, 0.4) is 0 Å². The minimum absolute atomic E-state index is 0.281. The topological polar surface area (TPSA) is 188 Å². The third-order valence-electron chi connectivity index (χ3n) is 5.39. The predicted molar refractivity (Wildman–Crippen MR) is 128 cm³/mol. The number of carbonyl (C=O) groups excluding carboxylic acids is 3. The summed E-state index contributed by atoms with van der Waals surface area (Å²) in [5.74, 6) is -5.23. The SMILES string of the molecule is CC(C)C(NC(=O)C(N)Cc1ccccc1)C(=O)NC(C(=O)NC(CCC(=O)O)C(=O)O)C(C)C. The van der Waals surface area contributed by atoms with Crippen molar-refractivity contribution < 1.29 is 34.2 Å². The average molecular weight is 493 g/mol. The highest BCUT2D eigenvalue weighted by Gasteiger charge is 2.33. The number of benzene rings is 1. The molecule has 7 N–H and O–H groups in total. The van der Waals surface area contributed by atoms with Gasteiger partial charge in [0, 0.05) is 6.42 Å². The molecule has 0 aliphatic heterocycles. The first-order chi connectivity index (χ1) is 16.3. The van der Waals surface area contributed by atoms with Gasteiger partial charge in [0.15, 0.2) is 0 Å². The third kappa shape index (κ3) is 10.1. The van der Waals surface area contributed by atoms with Crippen molar-refractivity contribution in [1.82, 2.24) is 16.0 Å². The molecule has 4 atom stereocenters. The number of aliphatic carboxylic acids is 2. The van der Waals surface area contributed by atoms with E-state index in [2.05, 4.69) is 16.0 Å². The average Bonchev–Trinajstić information content (AvgIpc) is 2.77. The lowest BCUT2D eigenvalue weighted by atomic mass is 9.98. The molecule has 35 heavy (non-hydrogen) atoms. The smallest absolute Gasteiger partial charge is 0.326 e. The molecule has 4 unspecified atom stereocenters. The summed E-state index contributed by atoms with van der Waals surface area (Å²) < 4.78 is 0. The van der Waals surface area contributed by atoms with Crippen LogP contribution in [0.15, 0.2) is 30.3 Å². The second-order valence-electron chi connectivity index (χ2n) is 9.09. The number of carboxylic acids is 2. The summed E-state index contributed by atoms with van der Waals surface area (Å²) in [6.45, 7) is 6.78. The zero-order chi connectivity index (χ0) is 26.7. The number of amides is 3. The summed E-state index contributed by atoms with van der Waals surface area (Å²) in [5.41, 5.74) is 6.89. The lowest BCUT2D eigenvalue weighted by Crippen LogP contribution is -2.59. The summed E-state index contributed by atoms with van der Waals surface area (Å²) in [7, 11) is 0. The molecule has 0 fully saturated rings. The molecule has 0 spiro atoms. The van der Waals surface area contributed by atoms with Gasteiger partial charge in [-0.2, -0.15) is 0 Å². The van der Waals surface area contributed by atoms with Crippen molar-refractivity contribution in [3.8, 4) is 0 Å². The first-order valence-corrected chi connectivity index (χ1v) is 11.5. The molecule has 0 aliphatic carbocycles. The van der Waals surface area contributed by atoms with Gasteiger partial charge in [0.2, 0.25) is 17.7 Å². The van der Waals surface area contributed by atoms with Crippen LogP contribution < -0.4 is 21.7 Å². The zero-order valence-corrected chi connectivity index (χ0v) is 20.5. The third-order valence-corrected chi connectivity index (χ3v) is 5.39. The Morgan fingerprint density at radius 1 is 0.800 bits per heavy atom. The Labute approximate surface area is 204 Å². The molecule has 194 valence electrons. The Morgan fingerprint density at radius 2 is 1.29 bits per heavy atom. The van der Waals surface area contributed by atoms with Crippen molar-refractivity contribution in [3.05, 3.63) is 35.9 Å². The number of carbonyl (C=O) groups is 5. The number of nitrogens with one attached hydrogen (secondary N) is 3. The normalized spacial score (nSPS) is 14.5. The van der Waals surface area contributed by atoms with Crippen molar-refractivity contribution in [2.24, 2.45) is 17.6 Å². The summed E-state index contributed by atoms with van der Waals surface area (Å²) in [6, 6.07) is 4.79. The molecule has 11 heteroatoms. The van der Waals surface area contributed by atoms with E-state index in [-0.39, 0.29) is 18.8 Å². The van der Waals surface area contributed by atoms with Crippen molar-refractivity contribution in [2.45, 2.75) is 71.1 Å². The van der Waals surface area contributed by atoms with Crippen LogP contribution in [0, 0.1) is 11.8 Å². The highest BCUT2D eigenvalue weighted by atomic mass is 16.4. The lowest BCUT2D eigenvalue weighted by molar-refractivity contribution is -0.143. The van der Waals surface area contributed by atoms with Gasteiger partial charge in [-0.05, 0) is 30.2 Å². The molecular weight excluding hydrogens is 456 g/mol. The van der Waals surface area contributed by atoms with Gasteiger partial charge < -0.3 is 31.9 Å². The molecule has 0 bridgehead atoms. The summed E-state index contributed by atoms with van der Waals surface area (Å²) in [5, 5.41) is 25.6. The molecule has 0 aromatic heterocycles. The summed E-state index contributed by atoms with van der Waals surface area (Å²) >= 11 is 0. The van der Waals surface area contributed by atoms with Crippen molar-refractivity contribution in [2.75, 3.05) is 0 Å². The molecule has 1 rings (SSSR count). The van der Waals surface area contributed by atoms with Crippen LogP contribution in [-0.4, -0.2) is 64.0 Å². The van der Waals surface area contributed by atoms with E-state index in [1.807, 2.05) is 30.3 Å². The zero-order valence-electron chi connectivity index (χ0n) is 20.5. The minimum Gasteiger partial charge on any atom is -0.481 e. The Bertz CT molecular complexity index is 889. The lowest BCUT2D eigenvalue weighted by Gasteiger charge is -2.28. The van der Waals surface area contributed by atoms with Crippen LogP contribution in [0.4, 0.5) is 0 Å². The monoisotopic (exact) mass is 492 g/mol. The van der Waals surface area contributed by atoms with Gasteiger partial charge >= 0.3 is 11.9 Å². The van der Waals surface area contributed by atoms with Crippen LogP contribution >= 0.6 is 0 Å². The van der Waals surface area contributed by atoms with Crippen molar-refractivity contribution in [3.63, 3.8) is 0 Å². The fourth-order valence-electron chi connectivity index (χ4n) is 3.32. The van der Waals surface area contributed by atoms with Gasteiger partial charge in [-0.25, -0.2) is 4.79 Å². The first kappa shape index (κ1) is 29.6. The van der Waals surface area contributed by atoms with Gasteiger partial charge in [0.05, 0.1) is 6.04 Å². The number of hydrogen-bond donors (Lipinski definition) is 6. The van der Waals surface area contributed by atoms with E-state index in [1.165, 1.54) is 0 Å². The summed E-state index contributed by atoms with van der Waals surface area (Å²) in [6.07, 6.45) is -0.469. The Balaban J connectivity index is 2.87. The van der Waals surface area contributed by atoms with E-state index in [0.717, 1.165) is 5.56 Å². The molecule has 1 aromatic rings. The number of rotatable bonds is 14. The Hall–Kier alpha value is -3.47. The van der Waals surface area contributed by atoms with E-state index >= 15 is 0 Å². The van der Waals surface area contributed by atoms with Gasteiger partial charge in [0.1, 0.15) is 18.1 Å². The minimum atomic E-state index is -1.42. The van der Waals surface area contributed by atoms with Crippen LogP contribution in [0.5, 0.6) is 0 Å². The fraction of sp³-hybridized carbons (Fsp3) is 0.542. The standard InChI is InChI=1S/C24H36N4O7/c1-13(2)19(22(32)26-17(24(34)35)10-11-18(29)30)28-23(33)20(14(3)4)27-21(31)16(25)12-15-8-6-5-7-9-15/h5-9,13-14,16-17,19-20H,10-12,25H2,1-4H3,(H,26,32)(H,27,31)(H,28,33)(H,29,30)(H,34,35). The maximum Gasteiger partial charge on any atom is 0.326 e. The second-order valence-corrected chi connectivity index (χ2v) is 9.09. The predicted octanol–water partition coefficient (Wildman–Crippen LogP) is 0.272. The molecular formula is C24H36N4O7. The fourth-order valence-corrected chi connectivity index (χ4v) is 3.32. The molecule has 0 saturated carbocycles. The highest BCUT2D eigenvalue weighted by Crippen LogP contribution is 2.09. The quantitative estimate of drug-likeness (QED) is 0.213. The van der Waals surface area contributed by atoms with Crippen LogP contribution in [-0.2, 0) is 30.4 Å². The van der Waals surface area contributed by atoms with Gasteiger partial charge in [0.25, 0.3) is 0 Å². The molecule has 11 nitrogen and oxygen atoms in total.